The first-order valence-corrected chi connectivity index (χ1v) is 14.9. The Labute approximate surface area is 248 Å². The summed E-state index contributed by atoms with van der Waals surface area (Å²) >= 11 is 0. The van der Waals surface area contributed by atoms with E-state index in [1.165, 1.54) is 4.90 Å². The van der Waals surface area contributed by atoms with E-state index in [9.17, 15) is 14.7 Å². The zero-order valence-electron chi connectivity index (χ0n) is 25.2. The van der Waals surface area contributed by atoms with Crippen molar-refractivity contribution in [3.63, 3.8) is 0 Å². The maximum atomic E-state index is 14.6. The van der Waals surface area contributed by atoms with E-state index in [0.717, 1.165) is 24.0 Å². The Morgan fingerprint density at radius 2 is 1.83 bits per heavy atom. The second kappa shape index (κ2) is 11.8. The number of nitrogens with zero attached hydrogens (tertiary/aromatic N) is 1. The average Bonchev–Trinajstić information content (AvgIpc) is 3.40. The first kappa shape index (κ1) is 30.3. The highest BCUT2D eigenvalue weighted by Crippen LogP contribution is 2.57. The molecule has 0 aromatic heterocycles. The third-order valence-corrected chi connectivity index (χ3v) is 8.83. The monoisotopic (exact) mass is 577 g/mol. The van der Waals surface area contributed by atoms with Gasteiger partial charge in [0.15, 0.2) is 11.8 Å². The lowest BCUT2D eigenvalue weighted by Crippen LogP contribution is -2.72. The van der Waals surface area contributed by atoms with Crippen LogP contribution in [0, 0.1) is 11.8 Å². The van der Waals surface area contributed by atoms with E-state index in [2.05, 4.69) is 0 Å². The van der Waals surface area contributed by atoms with Crippen molar-refractivity contribution in [3.05, 3.63) is 77.9 Å². The average molecular weight is 578 g/mol. The van der Waals surface area contributed by atoms with Crippen LogP contribution in [0.15, 0.2) is 66.7 Å². The van der Waals surface area contributed by atoms with E-state index >= 15 is 0 Å². The number of carbonyl (C=O) groups excluding carboxylic acids is 2. The second-order valence-corrected chi connectivity index (χ2v) is 12.7. The molecule has 5 rings (SSSR count). The smallest absolute Gasteiger partial charge is 0.338 e. The molecule has 0 saturated carbocycles. The number of aliphatic hydroxyl groups excluding tert-OH is 1. The molecule has 1 aliphatic carbocycles. The van der Waals surface area contributed by atoms with Gasteiger partial charge in [0.1, 0.15) is 17.0 Å². The molecule has 0 radical (unpaired) electrons. The van der Waals surface area contributed by atoms with Gasteiger partial charge in [0.25, 0.3) is 0 Å². The molecule has 1 amide bonds. The number of allylic oxidation sites excluding steroid dienone is 1. The van der Waals surface area contributed by atoms with Crippen molar-refractivity contribution >= 4 is 11.9 Å². The van der Waals surface area contributed by atoms with E-state index in [1.807, 2.05) is 66.7 Å². The molecule has 2 aromatic rings. The molecule has 226 valence electrons. The van der Waals surface area contributed by atoms with Crippen LogP contribution in [0.1, 0.15) is 64.5 Å². The number of hydrogen-bond donors (Lipinski definition) is 1. The van der Waals surface area contributed by atoms with E-state index in [0.29, 0.717) is 18.8 Å². The predicted octanol–water partition coefficient (Wildman–Crippen LogP) is 5.17. The molecule has 0 bridgehead atoms. The minimum Gasteiger partial charge on any atom is -0.497 e. The number of esters is 1. The van der Waals surface area contributed by atoms with Gasteiger partial charge in [0.2, 0.25) is 5.91 Å². The summed E-state index contributed by atoms with van der Waals surface area (Å²) in [6.07, 6.45) is 4.72. The molecule has 42 heavy (non-hydrogen) atoms. The fraction of sp³-hybridized carbons (Fsp3) is 0.529. The summed E-state index contributed by atoms with van der Waals surface area (Å²) in [5.74, 6) is -1.32. The van der Waals surface area contributed by atoms with Crippen LogP contribution in [-0.4, -0.2) is 58.1 Å². The van der Waals surface area contributed by atoms with E-state index in [-0.39, 0.29) is 24.8 Å². The molecule has 6 atom stereocenters. The van der Waals surface area contributed by atoms with Crippen LogP contribution in [0.3, 0.4) is 0 Å². The third-order valence-electron chi connectivity index (χ3n) is 8.83. The number of methoxy groups -OCH3 is 1. The van der Waals surface area contributed by atoms with Gasteiger partial charge in [-0.1, -0.05) is 54.6 Å². The summed E-state index contributed by atoms with van der Waals surface area (Å²) in [5.41, 5.74) is -2.33. The maximum Gasteiger partial charge on any atom is 0.338 e. The van der Waals surface area contributed by atoms with Crippen LogP contribution in [0.25, 0.3) is 0 Å². The summed E-state index contributed by atoms with van der Waals surface area (Å²) in [6.45, 7) is 7.53. The fourth-order valence-electron chi connectivity index (χ4n) is 6.78. The summed E-state index contributed by atoms with van der Waals surface area (Å²) in [4.78, 5) is 30.6. The number of hydrogen-bond acceptors (Lipinski definition) is 7. The molecular weight excluding hydrogens is 534 g/mol. The molecule has 0 spiro atoms. The number of ether oxygens (including phenoxy) is 4. The molecule has 2 aromatic carbocycles. The Bertz CT molecular complexity index is 1290. The fourth-order valence-corrected chi connectivity index (χ4v) is 6.78. The SMILES string of the molecule is COc1ccc(CN2C(=O)[C@@H]3C[C@H](OCc4ccccc4)O[C@]3(C)[C@@]2(C(=O)OC(C)(C)C)[C@H](O)[C@H]2C=CCCC2)cc1. The standard InChI is InChI=1S/C34H43NO7/c1-32(2,3)42-31(38)34(29(36)25-14-10-7-11-15-25)33(4)27(20-28(41-33)40-22-24-12-8-6-9-13-24)30(37)35(34)21-23-16-18-26(39-5)19-17-23/h6,8-10,12-14,16-19,25,27-29,36H,7,11,15,20-22H2,1-5H3/t25-,27-,28+,29+,33-,34-/m0/s1. The molecule has 2 aliphatic heterocycles. The molecular formula is C34H43NO7. The van der Waals surface area contributed by atoms with Gasteiger partial charge in [-0.3, -0.25) is 4.79 Å². The Kier molecular flexibility index (Phi) is 8.52. The number of likely N-dealkylation sites (tertiary alicyclic amines) is 1. The maximum absolute atomic E-state index is 14.6. The summed E-state index contributed by atoms with van der Waals surface area (Å²) in [6, 6.07) is 17.1. The molecule has 2 fully saturated rings. The summed E-state index contributed by atoms with van der Waals surface area (Å²) in [5, 5.41) is 12.4. The zero-order chi connectivity index (χ0) is 30.1. The highest BCUT2D eigenvalue weighted by molar-refractivity contribution is 5.97. The van der Waals surface area contributed by atoms with Crippen LogP contribution in [0.5, 0.6) is 5.75 Å². The normalized spacial score (nSPS) is 29.8. The van der Waals surface area contributed by atoms with Gasteiger partial charge in [-0.25, -0.2) is 4.79 Å². The highest BCUT2D eigenvalue weighted by Gasteiger charge is 2.78. The first-order chi connectivity index (χ1) is 20.0. The molecule has 1 N–H and O–H groups in total. The van der Waals surface area contributed by atoms with Crippen molar-refractivity contribution in [2.75, 3.05) is 7.11 Å². The van der Waals surface area contributed by atoms with Gasteiger partial charge in [0, 0.05) is 18.9 Å². The van der Waals surface area contributed by atoms with Crippen LogP contribution in [-0.2, 0) is 37.0 Å². The van der Waals surface area contributed by atoms with Crippen LogP contribution in [0.2, 0.25) is 0 Å². The predicted molar refractivity (Wildman–Crippen MR) is 157 cm³/mol. The Morgan fingerprint density at radius 3 is 2.45 bits per heavy atom. The van der Waals surface area contributed by atoms with Crippen LogP contribution >= 0.6 is 0 Å². The second-order valence-electron chi connectivity index (χ2n) is 12.7. The van der Waals surface area contributed by atoms with Crippen molar-refractivity contribution in [1.82, 2.24) is 4.90 Å². The lowest BCUT2D eigenvalue weighted by Gasteiger charge is -2.50. The molecule has 8 nitrogen and oxygen atoms in total. The van der Waals surface area contributed by atoms with Gasteiger partial charge in [-0.05, 0) is 70.2 Å². The van der Waals surface area contributed by atoms with Gasteiger partial charge >= 0.3 is 5.97 Å². The molecule has 2 heterocycles. The van der Waals surface area contributed by atoms with Gasteiger partial charge in [0.05, 0.1) is 25.7 Å². The Hall–Kier alpha value is -3.20. The Morgan fingerprint density at radius 1 is 1.12 bits per heavy atom. The first-order valence-electron chi connectivity index (χ1n) is 14.9. The van der Waals surface area contributed by atoms with Gasteiger partial charge in [-0.15, -0.1) is 0 Å². The van der Waals surface area contributed by atoms with E-state index in [1.54, 1.807) is 34.8 Å². The number of rotatable bonds is 9. The van der Waals surface area contributed by atoms with Crippen molar-refractivity contribution in [3.8, 4) is 5.75 Å². The summed E-state index contributed by atoms with van der Waals surface area (Å²) in [7, 11) is 1.59. The van der Waals surface area contributed by atoms with Crippen molar-refractivity contribution < 1.29 is 33.6 Å². The minimum atomic E-state index is -1.82. The van der Waals surface area contributed by atoms with Gasteiger partial charge < -0.3 is 29.0 Å². The number of carbonyl (C=O) groups is 2. The quantitative estimate of drug-likeness (QED) is 0.325. The van der Waals surface area contributed by atoms with Crippen molar-refractivity contribution in [2.24, 2.45) is 11.8 Å². The number of aliphatic hydroxyl groups is 1. The van der Waals surface area contributed by atoms with Crippen molar-refractivity contribution in [1.29, 1.82) is 0 Å². The lowest BCUT2D eigenvalue weighted by atomic mass is 9.68. The topological polar surface area (TPSA) is 94.5 Å². The zero-order valence-corrected chi connectivity index (χ0v) is 25.2. The summed E-state index contributed by atoms with van der Waals surface area (Å²) < 4.78 is 24.2. The minimum absolute atomic E-state index is 0.0978. The number of amides is 1. The lowest BCUT2D eigenvalue weighted by molar-refractivity contribution is -0.234. The molecule has 3 aliphatic rings. The number of fused-ring (bicyclic) bond motifs is 1. The number of benzene rings is 2. The van der Waals surface area contributed by atoms with E-state index < -0.39 is 41.0 Å². The molecule has 8 heteroatoms. The van der Waals surface area contributed by atoms with E-state index in [4.69, 9.17) is 18.9 Å². The molecule has 2 saturated heterocycles. The third kappa shape index (κ3) is 5.48. The van der Waals surface area contributed by atoms with Crippen LogP contribution in [0.4, 0.5) is 0 Å². The van der Waals surface area contributed by atoms with Gasteiger partial charge in [-0.2, -0.15) is 0 Å². The Balaban J connectivity index is 1.58. The molecule has 0 unspecified atom stereocenters. The van der Waals surface area contributed by atoms with Crippen LogP contribution < -0.4 is 4.74 Å². The largest absolute Gasteiger partial charge is 0.497 e. The van der Waals surface area contributed by atoms with Crippen molar-refractivity contribution in [2.45, 2.75) is 95.7 Å². The highest BCUT2D eigenvalue weighted by atomic mass is 16.7.